The van der Waals surface area contributed by atoms with Crippen LogP contribution in [-0.2, 0) is 6.42 Å². The van der Waals surface area contributed by atoms with E-state index in [-0.39, 0.29) is 0 Å². The van der Waals surface area contributed by atoms with E-state index in [1.807, 2.05) is 12.1 Å². The zero-order valence-corrected chi connectivity index (χ0v) is 13.4. The number of methoxy groups -OCH3 is 1. The molecule has 2 rings (SSSR count). The molecule has 0 bridgehead atoms. The van der Waals surface area contributed by atoms with Gasteiger partial charge in [0.1, 0.15) is 5.75 Å². The largest absolute Gasteiger partial charge is 0.496 e. The monoisotopic (exact) mass is 283 g/mol. The predicted octanol–water partition coefficient (Wildman–Crippen LogP) is 4.86. The van der Waals surface area contributed by atoms with Crippen molar-refractivity contribution < 1.29 is 4.74 Å². The van der Waals surface area contributed by atoms with Gasteiger partial charge in [-0.2, -0.15) is 0 Å². The molecule has 0 saturated carbocycles. The van der Waals surface area contributed by atoms with E-state index < -0.39 is 0 Å². The van der Waals surface area contributed by atoms with Crippen LogP contribution in [0.25, 0.3) is 0 Å². The third-order valence-corrected chi connectivity index (χ3v) is 3.71. The van der Waals surface area contributed by atoms with E-state index in [0.717, 1.165) is 12.2 Å². The summed E-state index contributed by atoms with van der Waals surface area (Å²) in [4.78, 5) is 0. The third kappa shape index (κ3) is 4.25. The van der Waals surface area contributed by atoms with E-state index in [0.29, 0.717) is 12.0 Å². The Labute approximate surface area is 128 Å². The average molecular weight is 283 g/mol. The Bertz CT molecular complexity index is 560. The molecule has 112 valence electrons. The summed E-state index contributed by atoms with van der Waals surface area (Å²) in [6.45, 7) is 6.63. The number of hydrogen-bond donors (Lipinski definition) is 1. The highest BCUT2D eigenvalue weighted by atomic mass is 16.5. The summed E-state index contributed by atoms with van der Waals surface area (Å²) < 4.78 is 5.41. The Hall–Kier alpha value is -1.96. The zero-order chi connectivity index (χ0) is 15.2. The molecule has 0 fully saturated rings. The molecule has 2 aromatic rings. The Balaban J connectivity index is 1.99. The number of ether oxygens (including phenoxy) is 1. The van der Waals surface area contributed by atoms with E-state index in [1.165, 1.54) is 16.8 Å². The molecule has 0 radical (unpaired) electrons. The maximum atomic E-state index is 5.41. The lowest BCUT2D eigenvalue weighted by Gasteiger charge is -2.17. The fourth-order valence-electron chi connectivity index (χ4n) is 2.50. The van der Waals surface area contributed by atoms with Gasteiger partial charge >= 0.3 is 0 Å². The molecule has 21 heavy (non-hydrogen) atoms. The van der Waals surface area contributed by atoms with Gasteiger partial charge in [0, 0.05) is 11.7 Å². The normalized spacial score (nSPS) is 12.2. The molecule has 0 spiro atoms. The fraction of sp³-hybridized carbons (Fsp3) is 0.368. The van der Waals surface area contributed by atoms with Gasteiger partial charge in [-0.15, -0.1) is 0 Å². The van der Waals surface area contributed by atoms with Crippen molar-refractivity contribution >= 4 is 5.69 Å². The predicted molar refractivity (Wildman–Crippen MR) is 90.3 cm³/mol. The molecule has 1 N–H and O–H groups in total. The topological polar surface area (TPSA) is 21.3 Å². The number of nitrogens with one attached hydrogen (secondary N) is 1. The summed E-state index contributed by atoms with van der Waals surface area (Å²) in [6.07, 6.45) is 0.940. The molecule has 0 amide bonds. The second-order valence-corrected chi connectivity index (χ2v) is 5.84. The fourth-order valence-corrected chi connectivity index (χ4v) is 2.50. The van der Waals surface area contributed by atoms with Crippen molar-refractivity contribution in [1.82, 2.24) is 0 Å². The van der Waals surface area contributed by atoms with E-state index in [9.17, 15) is 0 Å². The highest BCUT2D eigenvalue weighted by molar-refractivity contribution is 5.46. The van der Waals surface area contributed by atoms with Crippen molar-refractivity contribution in [3.8, 4) is 5.75 Å². The first-order valence-corrected chi connectivity index (χ1v) is 7.58. The summed E-state index contributed by atoms with van der Waals surface area (Å²) in [6, 6.07) is 17.3. The van der Waals surface area contributed by atoms with Crippen molar-refractivity contribution in [2.45, 2.75) is 39.2 Å². The number of benzene rings is 2. The van der Waals surface area contributed by atoms with Crippen LogP contribution in [0.15, 0.2) is 48.5 Å². The zero-order valence-electron chi connectivity index (χ0n) is 13.4. The highest BCUT2D eigenvalue weighted by Gasteiger charge is 2.08. The highest BCUT2D eigenvalue weighted by Crippen LogP contribution is 2.21. The van der Waals surface area contributed by atoms with Crippen LogP contribution in [0.3, 0.4) is 0 Å². The van der Waals surface area contributed by atoms with Crippen LogP contribution < -0.4 is 10.1 Å². The summed E-state index contributed by atoms with van der Waals surface area (Å²) in [7, 11) is 1.72. The molecule has 2 aromatic carbocycles. The van der Waals surface area contributed by atoms with Crippen molar-refractivity contribution in [3.05, 3.63) is 59.7 Å². The van der Waals surface area contributed by atoms with Crippen molar-refractivity contribution in [1.29, 1.82) is 0 Å². The van der Waals surface area contributed by atoms with Crippen LogP contribution in [-0.4, -0.2) is 13.2 Å². The standard InChI is InChI=1S/C19H25NO/c1-14(2)16-9-11-18(12-10-16)20-15(3)13-17-7-5-6-8-19(17)21-4/h5-12,14-15,20H,13H2,1-4H3. The van der Waals surface area contributed by atoms with Crippen molar-refractivity contribution in [2.75, 3.05) is 12.4 Å². The van der Waals surface area contributed by atoms with Gasteiger partial charge in [-0.05, 0) is 48.6 Å². The van der Waals surface area contributed by atoms with Crippen LogP contribution in [0.1, 0.15) is 37.8 Å². The molecule has 0 aliphatic heterocycles. The Morgan fingerprint density at radius 2 is 1.62 bits per heavy atom. The van der Waals surface area contributed by atoms with Crippen LogP contribution >= 0.6 is 0 Å². The van der Waals surface area contributed by atoms with Crippen LogP contribution in [0, 0.1) is 0 Å². The first-order valence-electron chi connectivity index (χ1n) is 7.58. The quantitative estimate of drug-likeness (QED) is 0.817. The molecule has 0 heterocycles. The maximum absolute atomic E-state index is 5.41. The van der Waals surface area contributed by atoms with Gasteiger partial charge in [-0.3, -0.25) is 0 Å². The minimum atomic E-state index is 0.353. The lowest BCUT2D eigenvalue weighted by Crippen LogP contribution is -2.18. The minimum Gasteiger partial charge on any atom is -0.496 e. The van der Waals surface area contributed by atoms with Gasteiger partial charge < -0.3 is 10.1 Å². The number of para-hydroxylation sites is 1. The van der Waals surface area contributed by atoms with Gasteiger partial charge in [0.05, 0.1) is 7.11 Å². The maximum Gasteiger partial charge on any atom is 0.122 e. The van der Waals surface area contributed by atoms with Crippen LogP contribution in [0.2, 0.25) is 0 Å². The smallest absolute Gasteiger partial charge is 0.122 e. The molecule has 0 aliphatic rings. The Morgan fingerprint density at radius 1 is 0.952 bits per heavy atom. The van der Waals surface area contributed by atoms with Gasteiger partial charge in [0.25, 0.3) is 0 Å². The van der Waals surface area contributed by atoms with Gasteiger partial charge in [0.15, 0.2) is 0 Å². The molecule has 0 saturated heterocycles. The molecular weight excluding hydrogens is 258 g/mol. The summed E-state index contributed by atoms with van der Waals surface area (Å²) in [5.41, 5.74) is 3.78. The lowest BCUT2D eigenvalue weighted by atomic mass is 10.0. The van der Waals surface area contributed by atoms with Crippen LogP contribution in [0.4, 0.5) is 5.69 Å². The lowest BCUT2D eigenvalue weighted by molar-refractivity contribution is 0.409. The van der Waals surface area contributed by atoms with Gasteiger partial charge in [-0.1, -0.05) is 44.2 Å². The van der Waals surface area contributed by atoms with E-state index in [4.69, 9.17) is 4.74 Å². The first kappa shape index (κ1) is 15.4. The van der Waals surface area contributed by atoms with Crippen LogP contribution in [0.5, 0.6) is 5.75 Å². The van der Waals surface area contributed by atoms with E-state index >= 15 is 0 Å². The summed E-state index contributed by atoms with van der Waals surface area (Å²) in [5, 5.41) is 3.55. The SMILES string of the molecule is COc1ccccc1CC(C)Nc1ccc(C(C)C)cc1. The van der Waals surface area contributed by atoms with E-state index in [2.05, 4.69) is 62.5 Å². The third-order valence-electron chi connectivity index (χ3n) is 3.71. The summed E-state index contributed by atoms with van der Waals surface area (Å²) in [5.74, 6) is 1.53. The number of anilines is 1. The minimum absolute atomic E-state index is 0.353. The number of rotatable bonds is 6. The molecule has 1 atom stereocenters. The molecule has 1 unspecified atom stereocenters. The average Bonchev–Trinajstić information content (AvgIpc) is 2.48. The molecule has 2 heteroatoms. The second kappa shape index (κ2) is 7.16. The molecule has 0 aliphatic carbocycles. The second-order valence-electron chi connectivity index (χ2n) is 5.84. The van der Waals surface area contributed by atoms with E-state index in [1.54, 1.807) is 7.11 Å². The first-order chi connectivity index (χ1) is 10.1. The van der Waals surface area contributed by atoms with Crippen molar-refractivity contribution in [2.24, 2.45) is 0 Å². The molecular formula is C19H25NO. The van der Waals surface area contributed by atoms with Gasteiger partial charge in [-0.25, -0.2) is 0 Å². The number of hydrogen-bond acceptors (Lipinski definition) is 2. The summed E-state index contributed by atoms with van der Waals surface area (Å²) >= 11 is 0. The Morgan fingerprint density at radius 3 is 2.24 bits per heavy atom. The molecule has 2 nitrogen and oxygen atoms in total. The molecule has 0 aromatic heterocycles. The van der Waals surface area contributed by atoms with Crippen molar-refractivity contribution in [3.63, 3.8) is 0 Å². The Kier molecular flexibility index (Phi) is 5.26. The van der Waals surface area contributed by atoms with Gasteiger partial charge in [0.2, 0.25) is 0 Å².